The third-order valence-electron chi connectivity index (χ3n) is 0.997. The average molecular weight is 145 g/mol. The molecule has 9 heavy (non-hydrogen) atoms. The molecule has 0 atom stereocenters. The van der Waals surface area contributed by atoms with Crippen LogP contribution >= 0.6 is 11.6 Å². The summed E-state index contributed by atoms with van der Waals surface area (Å²) < 4.78 is 0. The van der Waals surface area contributed by atoms with Gasteiger partial charge in [-0.2, -0.15) is 0 Å². The summed E-state index contributed by atoms with van der Waals surface area (Å²) in [4.78, 5) is 0. The van der Waals surface area contributed by atoms with E-state index in [1.165, 1.54) is 5.56 Å². The Hall–Kier alpha value is -0.530. The van der Waals surface area contributed by atoms with Gasteiger partial charge in [-0.15, -0.1) is 11.6 Å². The molecule has 0 aromatic heterocycles. The van der Waals surface area contributed by atoms with Gasteiger partial charge >= 0.3 is 0 Å². The summed E-state index contributed by atoms with van der Waals surface area (Å²) in [7, 11) is 0. The molecule has 0 saturated heterocycles. The molecule has 50 valence electrons. The summed E-state index contributed by atoms with van der Waals surface area (Å²) in [6.07, 6.45) is 0. The molecule has 0 fully saturated rings. The fraction of sp³-hybridized carbons (Fsp3) is 0.143. The Morgan fingerprint density at radius 2 is 1.67 bits per heavy atom. The van der Waals surface area contributed by atoms with Gasteiger partial charge in [0.2, 0.25) is 0 Å². The number of alkyl halides is 1. The fourth-order valence-corrected chi connectivity index (χ4v) is 0.745. The van der Waals surface area contributed by atoms with Crippen molar-refractivity contribution in [2.24, 2.45) is 0 Å². The molecule has 0 spiro atoms. The van der Waals surface area contributed by atoms with Gasteiger partial charge < -0.3 is 5.48 Å². The van der Waals surface area contributed by atoms with Crippen LogP contribution in [0.25, 0.3) is 0 Å². The van der Waals surface area contributed by atoms with Gasteiger partial charge in [0, 0.05) is 5.88 Å². The highest BCUT2D eigenvalue weighted by Crippen LogP contribution is 2.00. The van der Waals surface area contributed by atoms with Crippen molar-refractivity contribution in [3.63, 3.8) is 0 Å². The van der Waals surface area contributed by atoms with Crippen molar-refractivity contribution in [1.29, 1.82) is 0 Å². The molecule has 1 aromatic carbocycles. The van der Waals surface area contributed by atoms with Crippen LogP contribution in [-0.4, -0.2) is 5.48 Å². The van der Waals surface area contributed by atoms with E-state index in [9.17, 15) is 0 Å². The van der Waals surface area contributed by atoms with Crippen LogP contribution in [0.3, 0.4) is 0 Å². The maximum Gasteiger partial charge on any atom is 0.0474 e. The van der Waals surface area contributed by atoms with Crippen molar-refractivity contribution in [3.05, 3.63) is 35.9 Å². The zero-order valence-electron chi connectivity index (χ0n) is 4.97. The normalized spacial score (nSPS) is 8.11. The molecule has 0 aliphatic carbocycles. The highest BCUT2D eigenvalue weighted by atomic mass is 35.5. The molecule has 0 amide bonds. The van der Waals surface area contributed by atoms with Gasteiger partial charge in [0.1, 0.15) is 0 Å². The van der Waals surface area contributed by atoms with Crippen molar-refractivity contribution in [1.82, 2.24) is 0 Å². The number of rotatable bonds is 1. The molecule has 2 N–H and O–H groups in total. The number of benzene rings is 1. The Kier molecular flexibility index (Phi) is 4.10. The van der Waals surface area contributed by atoms with E-state index in [2.05, 4.69) is 0 Å². The maximum atomic E-state index is 5.53. The minimum atomic E-state index is 0. The molecular formula is C7H9ClO. The summed E-state index contributed by atoms with van der Waals surface area (Å²) in [5.74, 6) is 0.612. The molecule has 0 radical (unpaired) electrons. The smallest absolute Gasteiger partial charge is 0.0474 e. The van der Waals surface area contributed by atoms with Crippen molar-refractivity contribution in [3.8, 4) is 0 Å². The third-order valence-corrected chi connectivity index (χ3v) is 1.31. The molecular weight excluding hydrogens is 136 g/mol. The van der Waals surface area contributed by atoms with Crippen molar-refractivity contribution < 1.29 is 5.48 Å². The van der Waals surface area contributed by atoms with Crippen LogP contribution in [0.2, 0.25) is 0 Å². The predicted octanol–water partition coefficient (Wildman–Crippen LogP) is 1.60. The minimum absolute atomic E-state index is 0. The van der Waals surface area contributed by atoms with Gasteiger partial charge in [0.25, 0.3) is 0 Å². The molecule has 1 aromatic rings. The van der Waals surface area contributed by atoms with E-state index in [-0.39, 0.29) is 5.48 Å². The molecule has 0 bridgehead atoms. The molecule has 0 saturated carbocycles. The van der Waals surface area contributed by atoms with E-state index in [1.54, 1.807) is 0 Å². The first-order valence-electron chi connectivity index (χ1n) is 2.53. The SMILES string of the molecule is ClCc1ccccc1.O. The topological polar surface area (TPSA) is 31.5 Å². The van der Waals surface area contributed by atoms with Crippen molar-refractivity contribution in [2.45, 2.75) is 5.88 Å². The quantitative estimate of drug-likeness (QED) is 0.537. The lowest BCUT2D eigenvalue weighted by molar-refractivity contribution is 0.824. The number of hydrogen-bond donors (Lipinski definition) is 0. The second kappa shape index (κ2) is 4.36. The fourth-order valence-electron chi connectivity index (χ4n) is 0.567. The van der Waals surface area contributed by atoms with Gasteiger partial charge in [0.05, 0.1) is 0 Å². The van der Waals surface area contributed by atoms with Gasteiger partial charge in [0.15, 0.2) is 0 Å². The largest absolute Gasteiger partial charge is 0.412 e. The van der Waals surface area contributed by atoms with Crippen molar-refractivity contribution in [2.75, 3.05) is 0 Å². The first-order chi connectivity index (χ1) is 3.93. The highest BCUT2D eigenvalue weighted by molar-refractivity contribution is 6.17. The predicted molar refractivity (Wildman–Crippen MR) is 39.6 cm³/mol. The van der Waals surface area contributed by atoms with Crippen LogP contribution in [0, 0.1) is 0 Å². The molecule has 0 unspecified atom stereocenters. The number of hydrogen-bond acceptors (Lipinski definition) is 0. The van der Waals surface area contributed by atoms with Gasteiger partial charge in [-0.3, -0.25) is 0 Å². The monoisotopic (exact) mass is 144 g/mol. The Morgan fingerprint density at radius 3 is 2.00 bits per heavy atom. The second-order valence-corrected chi connectivity index (χ2v) is 1.89. The second-order valence-electron chi connectivity index (χ2n) is 1.62. The van der Waals surface area contributed by atoms with E-state index in [1.807, 2.05) is 30.3 Å². The summed E-state index contributed by atoms with van der Waals surface area (Å²) in [5, 5.41) is 0. The first kappa shape index (κ1) is 8.47. The summed E-state index contributed by atoms with van der Waals surface area (Å²) in [5.41, 5.74) is 1.18. The summed E-state index contributed by atoms with van der Waals surface area (Å²) in [6, 6.07) is 9.96. The molecule has 2 heteroatoms. The Balaban J connectivity index is 0.000000640. The lowest BCUT2D eigenvalue weighted by Crippen LogP contribution is -1.71. The average Bonchev–Trinajstić information content (AvgIpc) is 1.90. The zero-order valence-corrected chi connectivity index (χ0v) is 5.73. The van der Waals surface area contributed by atoms with Crippen LogP contribution < -0.4 is 0 Å². The Labute approximate surface area is 59.6 Å². The summed E-state index contributed by atoms with van der Waals surface area (Å²) in [6.45, 7) is 0. The molecule has 0 aliphatic rings. The van der Waals surface area contributed by atoms with Gasteiger partial charge in [-0.25, -0.2) is 0 Å². The summed E-state index contributed by atoms with van der Waals surface area (Å²) >= 11 is 5.53. The minimum Gasteiger partial charge on any atom is -0.412 e. The van der Waals surface area contributed by atoms with Crippen LogP contribution in [-0.2, 0) is 5.88 Å². The van der Waals surface area contributed by atoms with Crippen LogP contribution in [0.4, 0.5) is 0 Å². The van der Waals surface area contributed by atoms with Gasteiger partial charge in [-0.1, -0.05) is 30.3 Å². The standard InChI is InChI=1S/C7H7Cl.H2O/c8-6-7-4-2-1-3-5-7;/h1-5H,6H2;1H2. The zero-order chi connectivity index (χ0) is 5.82. The van der Waals surface area contributed by atoms with Crippen LogP contribution in [0.15, 0.2) is 30.3 Å². The Morgan fingerprint density at radius 1 is 1.11 bits per heavy atom. The maximum absolute atomic E-state index is 5.53. The molecule has 0 aliphatic heterocycles. The molecule has 0 heterocycles. The Bertz CT molecular complexity index is 150. The molecule has 1 nitrogen and oxygen atoms in total. The van der Waals surface area contributed by atoms with E-state index >= 15 is 0 Å². The lowest BCUT2D eigenvalue weighted by Gasteiger charge is -1.88. The van der Waals surface area contributed by atoms with Crippen molar-refractivity contribution >= 4 is 11.6 Å². The lowest BCUT2D eigenvalue weighted by atomic mass is 10.2. The highest BCUT2D eigenvalue weighted by Gasteiger charge is 1.81. The van der Waals surface area contributed by atoms with Gasteiger partial charge in [-0.05, 0) is 5.56 Å². The van der Waals surface area contributed by atoms with E-state index in [4.69, 9.17) is 11.6 Å². The first-order valence-corrected chi connectivity index (χ1v) is 3.07. The number of halogens is 1. The third kappa shape index (κ3) is 2.49. The van der Waals surface area contributed by atoms with Crippen LogP contribution in [0.1, 0.15) is 5.56 Å². The van der Waals surface area contributed by atoms with Crippen LogP contribution in [0.5, 0.6) is 0 Å². The van der Waals surface area contributed by atoms with E-state index < -0.39 is 0 Å². The van der Waals surface area contributed by atoms with E-state index in [0.29, 0.717) is 5.88 Å². The van der Waals surface area contributed by atoms with E-state index in [0.717, 1.165) is 0 Å². The molecule has 1 rings (SSSR count).